The van der Waals surface area contributed by atoms with Gasteiger partial charge in [-0.2, -0.15) is 0 Å². The zero-order valence-electron chi connectivity index (χ0n) is 20.0. The van der Waals surface area contributed by atoms with Gasteiger partial charge in [-0.25, -0.2) is 8.42 Å². The highest BCUT2D eigenvalue weighted by Gasteiger charge is 2.28. The maximum Gasteiger partial charge on any atom is 0.193 e. The number of benzene rings is 2. The van der Waals surface area contributed by atoms with E-state index in [0.717, 1.165) is 5.56 Å². The van der Waals surface area contributed by atoms with Crippen molar-refractivity contribution >= 4 is 32.2 Å². The summed E-state index contributed by atoms with van der Waals surface area (Å²) in [6.45, 7) is 1.90. The van der Waals surface area contributed by atoms with Crippen LogP contribution in [0, 0.1) is 6.92 Å². The van der Waals surface area contributed by atoms with Crippen molar-refractivity contribution in [3.05, 3.63) is 83.3 Å². The number of ketones is 1. The number of aromatic amines is 1. The summed E-state index contributed by atoms with van der Waals surface area (Å²) in [6.07, 6.45) is 4.46. The van der Waals surface area contributed by atoms with E-state index in [0.29, 0.717) is 44.9 Å². The average molecular weight is 494 g/mol. The lowest BCUT2D eigenvalue weighted by molar-refractivity contribution is 0.0969. The number of aromatic nitrogens is 2. The lowest BCUT2D eigenvalue weighted by Crippen LogP contribution is -2.23. The van der Waals surface area contributed by atoms with Gasteiger partial charge < -0.3 is 19.8 Å². The third-order valence-corrected chi connectivity index (χ3v) is 6.57. The molecule has 0 fully saturated rings. The molecule has 0 bridgehead atoms. The van der Waals surface area contributed by atoms with Gasteiger partial charge in [-0.15, -0.1) is 0 Å². The quantitative estimate of drug-likeness (QED) is 0.331. The Morgan fingerprint density at radius 3 is 2.43 bits per heavy atom. The molecule has 2 N–H and O–H groups in total. The molecule has 0 amide bonds. The second kappa shape index (κ2) is 9.79. The number of pyridine rings is 1. The van der Waals surface area contributed by atoms with Crippen molar-refractivity contribution < 1.29 is 22.7 Å². The van der Waals surface area contributed by atoms with Gasteiger partial charge in [0, 0.05) is 53.5 Å². The van der Waals surface area contributed by atoms with Gasteiger partial charge >= 0.3 is 0 Å². The highest BCUT2D eigenvalue weighted by molar-refractivity contribution is 7.89. The Bertz CT molecular complexity index is 1470. The van der Waals surface area contributed by atoms with Gasteiger partial charge in [0.2, 0.25) is 0 Å². The molecule has 1 atom stereocenters. The number of carbonyl (C=O) groups is 1. The van der Waals surface area contributed by atoms with Crippen LogP contribution in [-0.4, -0.2) is 44.6 Å². The van der Waals surface area contributed by atoms with Crippen LogP contribution >= 0.6 is 0 Å². The minimum atomic E-state index is -3.25. The summed E-state index contributed by atoms with van der Waals surface area (Å²) in [7, 11) is -0.130. The van der Waals surface area contributed by atoms with Crippen molar-refractivity contribution in [2.75, 3.05) is 25.8 Å². The van der Waals surface area contributed by atoms with Crippen molar-refractivity contribution in [2.45, 2.75) is 18.7 Å². The molecule has 0 saturated carbocycles. The molecular weight excluding hydrogens is 466 g/mol. The maximum atomic E-state index is 14.0. The monoisotopic (exact) mass is 493 g/mol. The molecule has 35 heavy (non-hydrogen) atoms. The molecular formula is C26H27N3O5S. The summed E-state index contributed by atoms with van der Waals surface area (Å²) in [6, 6.07) is 13.5. The Morgan fingerprint density at radius 2 is 1.80 bits per heavy atom. The van der Waals surface area contributed by atoms with E-state index >= 15 is 0 Å². The van der Waals surface area contributed by atoms with Crippen LogP contribution in [0.2, 0.25) is 0 Å². The van der Waals surface area contributed by atoms with Crippen LogP contribution in [0.1, 0.15) is 33.2 Å². The van der Waals surface area contributed by atoms with Crippen LogP contribution in [0.5, 0.6) is 11.5 Å². The van der Waals surface area contributed by atoms with Gasteiger partial charge in [0.1, 0.15) is 17.5 Å². The van der Waals surface area contributed by atoms with Gasteiger partial charge in [0.15, 0.2) is 15.6 Å². The van der Waals surface area contributed by atoms with E-state index < -0.39 is 15.9 Å². The van der Waals surface area contributed by atoms with E-state index in [1.165, 1.54) is 6.26 Å². The van der Waals surface area contributed by atoms with E-state index in [2.05, 4.69) is 15.3 Å². The molecule has 0 aliphatic carbocycles. The standard InChI is InChI=1S/C26H27N3O5S/c1-16-7-6-10-27-23(16)25(29-18-11-19(33-2)13-20(12-18)34-3)26(30)22-14-28-24-17(15-35(4,31)32)8-5-9-21(22)24/h5-14,25,28-29H,15H2,1-4H3. The Kier molecular flexibility index (Phi) is 6.79. The van der Waals surface area contributed by atoms with Crippen molar-refractivity contribution in [2.24, 2.45) is 0 Å². The minimum Gasteiger partial charge on any atom is -0.497 e. The van der Waals surface area contributed by atoms with E-state index in [4.69, 9.17) is 9.47 Å². The Labute approximate surface area is 204 Å². The normalized spacial score (nSPS) is 12.3. The number of rotatable bonds is 9. The molecule has 0 aliphatic rings. The van der Waals surface area contributed by atoms with Crippen LogP contribution in [-0.2, 0) is 15.6 Å². The number of hydrogen-bond donors (Lipinski definition) is 2. The second-order valence-electron chi connectivity index (χ2n) is 8.36. The Morgan fingerprint density at radius 1 is 1.09 bits per heavy atom. The van der Waals surface area contributed by atoms with Crippen LogP contribution in [0.4, 0.5) is 5.69 Å². The fourth-order valence-electron chi connectivity index (χ4n) is 4.09. The lowest BCUT2D eigenvalue weighted by Gasteiger charge is -2.21. The largest absolute Gasteiger partial charge is 0.497 e. The van der Waals surface area contributed by atoms with Gasteiger partial charge in [-0.3, -0.25) is 9.78 Å². The smallest absolute Gasteiger partial charge is 0.193 e. The molecule has 182 valence electrons. The molecule has 9 heteroatoms. The van der Waals surface area contributed by atoms with Crippen molar-refractivity contribution in [1.82, 2.24) is 9.97 Å². The maximum absolute atomic E-state index is 14.0. The number of Topliss-reactive ketones (excluding diaryl/α,β-unsaturated/α-hetero) is 1. The lowest BCUT2D eigenvalue weighted by atomic mass is 9.97. The first-order valence-corrected chi connectivity index (χ1v) is 13.0. The number of hydrogen-bond acceptors (Lipinski definition) is 7. The van der Waals surface area contributed by atoms with Gasteiger partial charge in [0.25, 0.3) is 0 Å². The fourth-order valence-corrected chi connectivity index (χ4v) is 4.90. The number of sulfone groups is 1. The summed E-state index contributed by atoms with van der Waals surface area (Å²) >= 11 is 0. The molecule has 0 radical (unpaired) electrons. The predicted octanol–water partition coefficient (Wildman–Crippen LogP) is 4.47. The first-order valence-electron chi connectivity index (χ1n) is 10.9. The molecule has 2 heterocycles. The molecule has 0 aliphatic heterocycles. The van der Waals surface area contributed by atoms with E-state index in [1.54, 1.807) is 56.9 Å². The molecule has 4 rings (SSSR count). The Hall–Kier alpha value is -3.85. The number of aryl methyl sites for hydroxylation is 1. The van der Waals surface area contributed by atoms with Gasteiger partial charge in [0.05, 0.1) is 31.2 Å². The number of nitrogens with one attached hydrogen (secondary N) is 2. The zero-order chi connectivity index (χ0) is 25.2. The molecule has 2 aromatic heterocycles. The minimum absolute atomic E-state index is 0.122. The van der Waals surface area contributed by atoms with Crippen molar-refractivity contribution in [1.29, 1.82) is 0 Å². The van der Waals surface area contributed by atoms with Crippen LogP contribution < -0.4 is 14.8 Å². The van der Waals surface area contributed by atoms with E-state index in [1.807, 2.05) is 25.1 Å². The molecule has 0 saturated heterocycles. The van der Waals surface area contributed by atoms with Crippen molar-refractivity contribution in [3.63, 3.8) is 0 Å². The summed E-state index contributed by atoms with van der Waals surface area (Å²) in [5.41, 5.74) is 3.74. The zero-order valence-corrected chi connectivity index (χ0v) is 20.8. The summed E-state index contributed by atoms with van der Waals surface area (Å²) in [5.74, 6) is 0.821. The SMILES string of the molecule is COc1cc(NC(C(=O)c2c[nH]c3c(CS(C)(=O)=O)cccc23)c2ncccc2C)cc(OC)c1. The molecule has 0 spiro atoms. The average Bonchev–Trinajstić information content (AvgIpc) is 3.27. The molecule has 8 nitrogen and oxygen atoms in total. The number of fused-ring (bicyclic) bond motifs is 1. The summed E-state index contributed by atoms with van der Waals surface area (Å²) < 4.78 is 34.6. The number of nitrogens with zero attached hydrogens (tertiary/aromatic N) is 1. The van der Waals surface area contributed by atoms with Crippen LogP contribution in [0.15, 0.2) is 60.9 Å². The second-order valence-corrected chi connectivity index (χ2v) is 10.5. The van der Waals surface area contributed by atoms with E-state index in [9.17, 15) is 13.2 Å². The number of ether oxygens (including phenoxy) is 2. The topological polar surface area (TPSA) is 110 Å². The van der Waals surface area contributed by atoms with Gasteiger partial charge in [-0.05, 0) is 24.1 Å². The Balaban J connectivity index is 1.81. The molecule has 2 aromatic carbocycles. The molecule has 4 aromatic rings. The number of carbonyl (C=O) groups excluding carboxylic acids is 1. The first kappa shape index (κ1) is 24.3. The fraction of sp³-hybridized carbons (Fsp3) is 0.231. The number of methoxy groups -OCH3 is 2. The highest BCUT2D eigenvalue weighted by Crippen LogP contribution is 2.32. The highest BCUT2D eigenvalue weighted by atomic mass is 32.2. The molecule has 1 unspecified atom stereocenters. The first-order chi connectivity index (χ1) is 16.7. The van der Waals surface area contributed by atoms with Gasteiger partial charge in [-0.1, -0.05) is 24.3 Å². The van der Waals surface area contributed by atoms with Crippen molar-refractivity contribution in [3.8, 4) is 11.5 Å². The number of para-hydroxylation sites is 1. The number of anilines is 1. The number of H-pyrrole nitrogens is 1. The predicted molar refractivity (Wildman–Crippen MR) is 136 cm³/mol. The summed E-state index contributed by atoms with van der Waals surface area (Å²) in [4.78, 5) is 21.6. The van der Waals surface area contributed by atoms with E-state index in [-0.39, 0.29) is 11.5 Å². The third kappa shape index (κ3) is 5.30. The summed E-state index contributed by atoms with van der Waals surface area (Å²) in [5, 5.41) is 3.96. The van der Waals surface area contributed by atoms with Crippen LogP contribution in [0.3, 0.4) is 0 Å². The third-order valence-electron chi connectivity index (χ3n) is 5.73. The van der Waals surface area contributed by atoms with Crippen LogP contribution in [0.25, 0.3) is 10.9 Å².